The van der Waals surface area contributed by atoms with Gasteiger partial charge in [0.2, 0.25) is 10.0 Å². The number of hydrogen-bond donors (Lipinski definition) is 2. The fraction of sp³-hybridized carbons (Fsp3) is 0.381. The molecular weight excluding hydrogens is 412 g/mol. The second-order valence-corrected chi connectivity index (χ2v) is 9.66. The lowest BCUT2D eigenvalue weighted by Gasteiger charge is -2.29. The van der Waals surface area contributed by atoms with Crippen LogP contribution in [-0.4, -0.2) is 36.9 Å². The van der Waals surface area contributed by atoms with Gasteiger partial charge in [0.25, 0.3) is 0 Å². The topological polar surface area (TPSA) is 86.7 Å². The first kappa shape index (κ1) is 23.3. The molecule has 6 nitrogen and oxygen atoms in total. The number of aliphatic carboxylic acids is 1. The van der Waals surface area contributed by atoms with E-state index < -0.39 is 22.0 Å². The zero-order chi connectivity index (χ0) is 21.6. The molecule has 8 heteroatoms. The Bertz CT molecular complexity index is 913. The van der Waals surface area contributed by atoms with E-state index in [9.17, 15) is 18.3 Å². The first-order chi connectivity index (χ1) is 13.6. The molecule has 0 aliphatic carbocycles. The predicted octanol–water partition coefficient (Wildman–Crippen LogP) is 3.75. The molecule has 0 saturated heterocycles. The molecule has 0 bridgehead atoms. The van der Waals surface area contributed by atoms with Crippen LogP contribution in [-0.2, 0) is 27.9 Å². The van der Waals surface area contributed by atoms with Gasteiger partial charge in [0, 0.05) is 18.1 Å². The number of hydrogen-bond acceptors (Lipinski definition) is 4. The summed E-state index contributed by atoms with van der Waals surface area (Å²) < 4.78 is 27.8. The van der Waals surface area contributed by atoms with E-state index in [0.717, 1.165) is 15.4 Å². The van der Waals surface area contributed by atoms with Crippen LogP contribution in [0.1, 0.15) is 31.4 Å². The lowest BCUT2D eigenvalue weighted by molar-refractivity contribution is -0.142. The molecular formula is C21H27ClN2O4S. The third kappa shape index (κ3) is 6.27. The summed E-state index contributed by atoms with van der Waals surface area (Å²) in [6.07, 6.45) is 0.208. The zero-order valence-corrected chi connectivity index (χ0v) is 18.4. The highest BCUT2D eigenvalue weighted by Gasteiger charge is 2.36. The molecule has 1 atom stereocenters. The third-order valence-corrected chi connectivity index (χ3v) is 6.61. The van der Waals surface area contributed by atoms with Crippen molar-refractivity contribution in [3.63, 3.8) is 0 Å². The summed E-state index contributed by atoms with van der Waals surface area (Å²) in [4.78, 5) is 12.0. The fourth-order valence-corrected chi connectivity index (χ4v) is 4.75. The van der Waals surface area contributed by atoms with Gasteiger partial charge in [-0.05, 0) is 54.8 Å². The van der Waals surface area contributed by atoms with Gasteiger partial charge in [-0.15, -0.1) is 0 Å². The van der Waals surface area contributed by atoms with E-state index in [4.69, 9.17) is 11.6 Å². The summed E-state index contributed by atoms with van der Waals surface area (Å²) in [5, 5.41) is 13.3. The number of benzene rings is 2. The molecule has 0 heterocycles. The molecule has 2 aromatic carbocycles. The Morgan fingerprint density at radius 3 is 2.10 bits per heavy atom. The van der Waals surface area contributed by atoms with Crippen LogP contribution in [0.15, 0.2) is 53.4 Å². The van der Waals surface area contributed by atoms with Gasteiger partial charge in [-0.3, -0.25) is 4.79 Å². The maximum atomic E-state index is 13.4. The van der Waals surface area contributed by atoms with E-state index in [2.05, 4.69) is 5.32 Å². The number of nitrogens with one attached hydrogen (secondary N) is 1. The average Bonchev–Trinajstić information content (AvgIpc) is 2.66. The number of carbonyl (C=O) groups is 1. The maximum absolute atomic E-state index is 13.4. The molecule has 0 amide bonds. The fourth-order valence-electron chi connectivity index (χ4n) is 3.04. The molecule has 0 spiro atoms. The van der Waals surface area contributed by atoms with E-state index in [1.807, 2.05) is 45.2 Å². The van der Waals surface area contributed by atoms with Gasteiger partial charge < -0.3 is 10.4 Å². The van der Waals surface area contributed by atoms with E-state index >= 15 is 0 Å². The second kappa shape index (κ2) is 10.2. The number of nitrogens with zero attached hydrogens (tertiary/aromatic N) is 1. The molecule has 0 aliphatic heterocycles. The van der Waals surface area contributed by atoms with Crippen molar-refractivity contribution in [2.75, 3.05) is 7.05 Å². The molecule has 0 fully saturated rings. The molecule has 0 aliphatic rings. The maximum Gasteiger partial charge on any atom is 0.322 e. The summed E-state index contributed by atoms with van der Waals surface area (Å²) in [7, 11) is -2.20. The number of carboxylic acids is 1. The Kier molecular flexibility index (Phi) is 8.22. The van der Waals surface area contributed by atoms with Gasteiger partial charge in [0.15, 0.2) is 0 Å². The first-order valence-corrected chi connectivity index (χ1v) is 11.2. The van der Waals surface area contributed by atoms with Gasteiger partial charge >= 0.3 is 5.97 Å². The standard InChI is InChI=1S/C21H27ClN2O4S/c1-15(2)12-20(21(25)26)24(14-17-6-4-16(5-7-17)13-23-3)29(27,28)19-10-8-18(22)9-11-19/h4-11,15,20,23H,12-14H2,1-3H3,(H,25,26)/t20-/m1/s1. The first-order valence-electron chi connectivity index (χ1n) is 9.37. The number of halogens is 1. The summed E-state index contributed by atoms with van der Waals surface area (Å²) in [5.41, 5.74) is 1.78. The molecule has 158 valence electrons. The van der Waals surface area contributed by atoms with Crippen LogP contribution in [0.5, 0.6) is 0 Å². The summed E-state index contributed by atoms with van der Waals surface area (Å²) in [5.74, 6) is -1.15. The minimum Gasteiger partial charge on any atom is -0.480 e. The average molecular weight is 439 g/mol. The van der Waals surface area contributed by atoms with Crippen LogP contribution >= 0.6 is 11.6 Å². The largest absolute Gasteiger partial charge is 0.480 e. The molecule has 0 radical (unpaired) electrons. The summed E-state index contributed by atoms with van der Waals surface area (Å²) >= 11 is 5.89. The molecule has 2 rings (SSSR count). The van der Waals surface area contributed by atoms with Gasteiger partial charge in [-0.2, -0.15) is 4.31 Å². The molecule has 2 N–H and O–H groups in total. The number of rotatable bonds is 10. The quantitative estimate of drug-likeness (QED) is 0.590. The van der Waals surface area contributed by atoms with Crippen molar-refractivity contribution in [3.05, 3.63) is 64.7 Å². The van der Waals surface area contributed by atoms with Crippen molar-refractivity contribution in [2.45, 2.75) is 44.3 Å². The minimum absolute atomic E-state index is 0.0111. The Balaban J connectivity index is 2.46. The Hall–Kier alpha value is -1.93. The molecule has 29 heavy (non-hydrogen) atoms. The van der Waals surface area contributed by atoms with E-state index in [1.54, 1.807) is 0 Å². The van der Waals surface area contributed by atoms with E-state index in [1.165, 1.54) is 24.3 Å². The SMILES string of the molecule is CNCc1ccc(CN([C@H](CC(C)C)C(=O)O)S(=O)(=O)c2ccc(Cl)cc2)cc1. The Morgan fingerprint density at radius 2 is 1.62 bits per heavy atom. The predicted molar refractivity (Wildman–Crippen MR) is 114 cm³/mol. The normalized spacial score (nSPS) is 13.0. The lowest BCUT2D eigenvalue weighted by atomic mass is 10.0. The second-order valence-electron chi connectivity index (χ2n) is 7.33. The van der Waals surface area contributed by atoms with Gasteiger partial charge in [-0.25, -0.2) is 8.42 Å². The number of sulfonamides is 1. The highest BCUT2D eigenvalue weighted by molar-refractivity contribution is 7.89. The van der Waals surface area contributed by atoms with E-state index in [0.29, 0.717) is 11.6 Å². The van der Waals surface area contributed by atoms with Gasteiger partial charge in [-0.1, -0.05) is 49.7 Å². The molecule has 0 aromatic heterocycles. The molecule has 0 unspecified atom stereocenters. The highest BCUT2D eigenvalue weighted by Crippen LogP contribution is 2.26. The van der Waals surface area contributed by atoms with Crippen LogP contribution in [0.2, 0.25) is 5.02 Å². The van der Waals surface area contributed by atoms with Crippen LogP contribution in [0.4, 0.5) is 0 Å². The van der Waals surface area contributed by atoms with Crippen molar-refractivity contribution in [2.24, 2.45) is 5.92 Å². The monoisotopic (exact) mass is 438 g/mol. The Morgan fingerprint density at radius 1 is 1.07 bits per heavy atom. The van der Waals surface area contributed by atoms with E-state index in [-0.39, 0.29) is 23.8 Å². The molecule has 0 saturated carbocycles. The van der Waals surface area contributed by atoms with Crippen molar-refractivity contribution in [1.82, 2.24) is 9.62 Å². The zero-order valence-electron chi connectivity index (χ0n) is 16.8. The lowest BCUT2D eigenvalue weighted by Crippen LogP contribution is -2.45. The smallest absolute Gasteiger partial charge is 0.322 e. The van der Waals surface area contributed by atoms with Crippen LogP contribution in [0, 0.1) is 5.92 Å². The van der Waals surface area contributed by atoms with Crippen molar-refractivity contribution >= 4 is 27.6 Å². The van der Waals surface area contributed by atoms with Crippen molar-refractivity contribution < 1.29 is 18.3 Å². The van der Waals surface area contributed by atoms with Crippen molar-refractivity contribution in [1.29, 1.82) is 0 Å². The molecule has 2 aromatic rings. The summed E-state index contributed by atoms with van der Waals surface area (Å²) in [6, 6.07) is 12.0. The summed E-state index contributed by atoms with van der Waals surface area (Å²) in [6.45, 7) is 4.40. The van der Waals surface area contributed by atoms with Crippen molar-refractivity contribution in [3.8, 4) is 0 Å². The van der Waals surface area contributed by atoms with Crippen LogP contribution in [0.25, 0.3) is 0 Å². The van der Waals surface area contributed by atoms with Gasteiger partial charge in [0.1, 0.15) is 6.04 Å². The highest BCUT2D eigenvalue weighted by atomic mass is 35.5. The van der Waals surface area contributed by atoms with Gasteiger partial charge in [0.05, 0.1) is 4.90 Å². The number of carboxylic acid groups (broad SMARTS) is 1. The van der Waals surface area contributed by atoms with Crippen LogP contribution < -0.4 is 5.32 Å². The third-order valence-electron chi connectivity index (χ3n) is 4.49. The Labute approximate surface area is 177 Å². The minimum atomic E-state index is -4.04. The van der Waals surface area contributed by atoms with Crippen LogP contribution in [0.3, 0.4) is 0 Å².